The van der Waals surface area contributed by atoms with Gasteiger partial charge in [0.2, 0.25) is 0 Å². The predicted octanol–water partition coefficient (Wildman–Crippen LogP) is 0.537. The van der Waals surface area contributed by atoms with Crippen LogP contribution in [-0.4, -0.2) is 58.9 Å². The fraction of sp³-hybridized carbons (Fsp3) is 0.611. The van der Waals surface area contributed by atoms with Crippen molar-refractivity contribution in [3.8, 4) is 11.5 Å². The fourth-order valence-corrected chi connectivity index (χ4v) is 5.83. The van der Waals surface area contributed by atoms with Gasteiger partial charge in [0, 0.05) is 24.1 Å². The van der Waals surface area contributed by atoms with Gasteiger partial charge in [-0.1, -0.05) is 6.07 Å². The molecule has 4 aliphatic rings. The average Bonchev–Trinajstić information content (AvgIpc) is 3.07. The van der Waals surface area contributed by atoms with Crippen LogP contribution in [0.3, 0.4) is 0 Å². The molecule has 0 aromatic heterocycles. The summed E-state index contributed by atoms with van der Waals surface area (Å²) in [5.74, 6) is 0.990. The van der Waals surface area contributed by atoms with E-state index in [2.05, 4.69) is 4.90 Å². The van der Waals surface area contributed by atoms with E-state index in [4.69, 9.17) is 9.47 Å². The van der Waals surface area contributed by atoms with Crippen molar-refractivity contribution in [2.24, 2.45) is 0 Å². The summed E-state index contributed by atoms with van der Waals surface area (Å²) in [7, 11) is 3.54. The number of piperidine rings is 1. The summed E-state index contributed by atoms with van der Waals surface area (Å²) in [5, 5.41) is 22.5. The molecule has 2 heterocycles. The number of rotatable bonds is 1. The lowest BCUT2D eigenvalue weighted by Crippen LogP contribution is -2.76. The third kappa shape index (κ3) is 1.21. The molecule has 0 radical (unpaired) electrons. The Bertz CT molecular complexity index is 779. The number of methoxy groups -OCH3 is 1. The first-order valence-corrected chi connectivity index (χ1v) is 8.41. The first kappa shape index (κ1) is 14.7. The van der Waals surface area contributed by atoms with E-state index in [1.165, 1.54) is 0 Å². The minimum Gasteiger partial charge on any atom is -0.493 e. The Kier molecular flexibility index (Phi) is 2.52. The molecule has 2 N–H and O–H groups in total. The molecule has 1 aromatic carbocycles. The van der Waals surface area contributed by atoms with Gasteiger partial charge in [-0.25, -0.2) is 0 Å². The molecule has 1 aromatic rings. The lowest BCUT2D eigenvalue weighted by molar-refractivity contribution is -0.223. The molecule has 2 bridgehead atoms. The number of nitrogens with zero attached hydrogens (tertiary/aromatic N) is 1. The molecule has 6 unspecified atom stereocenters. The second-order valence-corrected chi connectivity index (χ2v) is 7.60. The van der Waals surface area contributed by atoms with Crippen molar-refractivity contribution in [1.82, 2.24) is 4.90 Å². The van der Waals surface area contributed by atoms with Crippen LogP contribution in [0.25, 0.3) is 0 Å². The molecular weight excluding hydrogens is 310 g/mol. The first-order valence-electron chi connectivity index (χ1n) is 8.41. The molecule has 0 amide bonds. The number of ether oxygens (including phenoxy) is 2. The van der Waals surface area contributed by atoms with Crippen LogP contribution in [0.4, 0.5) is 0 Å². The van der Waals surface area contributed by atoms with Gasteiger partial charge >= 0.3 is 0 Å². The smallest absolute Gasteiger partial charge is 0.177 e. The van der Waals surface area contributed by atoms with Crippen molar-refractivity contribution in [3.05, 3.63) is 23.3 Å². The quantitative estimate of drug-likeness (QED) is 0.782. The average molecular weight is 331 g/mol. The third-order valence-electron chi connectivity index (χ3n) is 7.03. The lowest BCUT2D eigenvalue weighted by Gasteiger charge is -2.59. The first-order chi connectivity index (χ1) is 11.4. The zero-order valence-electron chi connectivity index (χ0n) is 13.9. The number of likely N-dealkylation sites (tertiary alicyclic amines) is 1. The van der Waals surface area contributed by atoms with E-state index < -0.39 is 23.2 Å². The van der Waals surface area contributed by atoms with Crippen LogP contribution >= 0.6 is 0 Å². The Labute approximate surface area is 140 Å². The monoisotopic (exact) mass is 331 g/mol. The SMILES string of the molecule is COc1ccc2c3c1OC1C(=O)CC(O)C4(O)C(C)N(C)C2CC314. The van der Waals surface area contributed by atoms with Gasteiger partial charge in [0.15, 0.2) is 23.4 Å². The normalized spacial score (nSPS) is 45.1. The Morgan fingerprint density at radius 1 is 1.42 bits per heavy atom. The van der Waals surface area contributed by atoms with E-state index in [1.807, 2.05) is 26.1 Å². The molecule has 1 saturated carbocycles. The van der Waals surface area contributed by atoms with Crippen molar-refractivity contribution >= 4 is 5.78 Å². The molecule has 128 valence electrons. The number of aliphatic hydroxyl groups excluding tert-OH is 1. The number of Topliss-reactive ketones (excluding diaryl/α,β-unsaturated/α-hetero) is 1. The van der Waals surface area contributed by atoms with Gasteiger partial charge in [-0.15, -0.1) is 0 Å². The van der Waals surface area contributed by atoms with Gasteiger partial charge in [0.1, 0.15) is 5.60 Å². The molecule has 24 heavy (non-hydrogen) atoms. The third-order valence-corrected chi connectivity index (χ3v) is 7.03. The molecule has 6 heteroatoms. The van der Waals surface area contributed by atoms with E-state index >= 15 is 0 Å². The maximum absolute atomic E-state index is 12.7. The van der Waals surface area contributed by atoms with E-state index in [0.29, 0.717) is 17.9 Å². The Morgan fingerprint density at radius 2 is 2.17 bits per heavy atom. The number of aliphatic hydroxyl groups is 2. The summed E-state index contributed by atoms with van der Waals surface area (Å²) in [6.45, 7) is 1.92. The van der Waals surface area contributed by atoms with Gasteiger partial charge in [-0.05, 0) is 32.0 Å². The standard InChI is InChI=1S/C18H21NO5/c1-8-18(22)13(21)6-11(20)16-17(18)7-10(19(8)2)9-4-5-12(23-3)15(24-16)14(9)17/h4-5,8,10,13,16,21-22H,6-7H2,1-3H3. The highest BCUT2D eigenvalue weighted by molar-refractivity contribution is 5.91. The minimum absolute atomic E-state index is 0.0859. The number of hydrogen-bond donors (Lipinski definition) is 2. The summed E-state index contributed by atoms with van der Waals surface area (Å²) in [6, 6.07) is 3.67. The van der Waals surface area contributed by atoms with E-state index in [0.717, 1.165) is 11.1 Å². The van der Waals surface area contributed by atoms with Crippen molar-refractivity contribution < 1.29 is 24.5 Å². The maximum Gasteiger partial charge on any atom is 0.177 e. The molecule has 5 rings (SSSR count). The molecule has 6 atom stereocenters. The fourth-order valence-electron chi connectivity index (χ4n) is 5.83. The number of fused-ring (bicyclic) bond motifs is 2. The number of ketones is 1. The van der Waals surface area contributed by atoms with Gasteiger partial charge in [-0.3, -0.25) is 9.69 Å². The topological polar surface area (TPSA) is 79.2 Å². The van der Waals surface area contributed by atoms with Crippen molar-refractivity contribution in [2.75, 3.05) is 14.2 Å². The van der Waals surface area contributed by atoms with Crippen molar-refractivity contribution in [1.29, 1.82) is 0 Å². The molecule has 6 nitrogen and oxygen atoms in total. The van der Waals surface area contributed by atoms with E-state index in [9.17, 15) is 15.0 Å². The van der Waals surface area contributed by atoms with E-state index in [1.54, 1.807) is 7.11 Å². The lowest BCUT2D eigenvalue weighted by atomic mass is 9.54. The summed E-state index contributed by atoms with van der Waals surface area (Å²) in [4.78, 5) is 14.8. The molecule has 2 aliphatic heterocycles. The van der Waals surface area contributed by atoms with Gasteiger partial charge in [-0.2, -0.15) is 0 Å². The van der Waals surface area contributed by atoms with Crippen molar-refractivity contribution in [2.45, 2.75) is 55.1 Å². The minimum atomic E-state index is -1.43. The Hall–Kier alpha value is -1.63. The van der Waals surface area contributed by atoms with Crippen LogP contribution in [0.5, 0.6) is 11.5 Å². The summed E-state index contributed by atoms with van der Waals surface area (Å²) in [6.07, 6.45) is -1.37. The number of benzene rings is 1. The highest BCUT2D eigenvalue weighted by Crippen LogP contribution is 2.69. The predicted molar refractivity (Wildman–Crippen MR) is 84.3 cm³/mol. The summed E-state index contributed by atoms with van der Waals surface area (Å²) >= 11 is 0. The maximum atomic E-state index is 12.7. The van der Waals surface area contributed by atoms with Crippen LogP contribution < -0.4 is 9.47 Å². The van der Waals surface area contributed by atoms with Crippen LogP contribution in [0.15, 0.2) is 12.1 Å². The molecule has 1 spiro atoms. The molecule has 2 fully saturated rings. The number of likely N-dealkylation sites (N-methyl/N-ethyl adjacent to an activating group) is 1. The highest BCUT2D eigenvalue weighted by atomic mass is 16.5. The van der Waals surface area contributed by atoms with Crippen LogP contribution in [0, 0.1) is 0 Å². The van der Waals surface area contributed by atoms with Crippen molar-refractivity contribution in [3.63, 3.8) is 0 Å². The number of carbonyl (C=O) groups is 1. The summed E-state index contributed by atoms with van der Waals surface area (Å²) < 4.78 is 11.5. The van der Waals surface area contributed by atoms with Gasteiger partial charge in [0.05, 0.1) is 18.6 Å². The molecular formula is C18H21NO5. The van der Waals surface area contributed by atoms with Crippen LogP contribution in [0.1, 0.15) is 36.9 Å². The van der Waals surface area contributed by atoms with Crippen LogP contribution in [0.2, 0.25) is 0 Å². The largest absolute Gasteiger partial charge is 0.493 e. The number of carbonyl (C=O) groups excluding carboxylic acids is 1. The van der Waals surface area contributed by atoms with E-state index in [-0.39, 0.29) is 24.3 Å². The zero-order valence-corrected chi connectivity index (χ0v) is 13.9. The zero-order chi connectivity index (χ0) is 17.0. The van der Waals surface area contributed by atoms with Crippen LogP contribution in [-0.2, 0) is 10.2 Å². The number of hydrogen-bond acceptors (Lipinski definition) is 6. The Balaban J connectivity index is 1.89. The molecule has 1 saturated heterocycles. The van der Waals surface area contributed by atoms with Gasteiger partial charge in [0.25, 0.3) is 0 Å². The van der Waals surface area contributed by atoms with Gasteiger partial charge < -0.3 is 19.7 Å². The second-order valence-electron chi connectivity index (χ2n) is 7.60. The second kappa shape index (κ2) is 4.12. The Morgan fingerprint density at radius 3 is 2.88 bits per heavy atom. The summed E-state index contributed by atoms with van der Waals surface area (Å²) in [5.41, 5.74) is -0.389. The molecule has 2 aliphatic carbocycles. The highest BCUT2D eigenvalue weighted by Gasteiger charge is 2.77.